The van der Waals surface area contributed by atoms with Gasteiger partial charge >= 0.3 is 0 Å². The van der Waals surface area contributed by atoms with Crippen LogP contribution in [0.4, 0.5) is 4.39 Å². The summed E-state index contributed by atoms with van der Waals surface area (Å²) in [4.78, 5) is 28.0. The van der Waals surface area contributed by atoms with Crippen LogP contribution in [-0.2, 0) is 9.59 Å². The van der Waals surface area contributed by atoms with Gasteiger partial charge in [-0.15, -0.1) is 0 Å². The molecule has 0 saturated carbocycles. The summed E-state index contributed by atoms with van der Waals surface area (Å²) in [5.41, 5.74) is 0. The Morgan fingerprint density at radius 1 is 1.08 bits per heavy atom. The van der Waals surface area contributed by atoms with Gasteiger partial charge in [0.05, 0.1) is 19.6 Å². The number of amides is 2. The van der Waals surface area contributed by atoms with Crippen molar-refractivity contribution in [1.82, 2.24) is 9.80 Å². The molecular weight excluding hydrogens is 323 g/mol. The highest BCUT2D eigenvalue weighted by Crippen LogP contribution is 2.19. The van der Waals surface area contributed by atoms with E-state index in [1.807, 2.05) is 0 Å². The topological polar surface area (TPSA) is 49.9 Å². The second-order valence-electron chi connectivity index (χ2n) is 6.83. The molecule has 2 heterocycles. The fourth-order valence-corrected chi connectivity index (χ4v) is 3.24. The lowest BCUT2D eigenvalue weighted by molar-refractivity contribution is -0.146. The van der Waals surface area contributed by atoms with E-state index < -0.39 is 0 Å². The van der Waals surface area contributed by atoms with E-state index >= 15 is 0 Å². The third-order valence-corrected chi connectivity index (χ3v) is 4.81. The lowest BCUT2D eigenvalue weighted by atomic mass is 10.1. The molecule has 25 heavy (non-hydrogen) atoms. The molecular formula is C19H25FN2O3. The Morgan fingerprint density at radius 3 is 2.52 bits per heavy atom. The second kappa shape index (κ2) is 8.32. The first kappa shape index (κ1) is 17.7. The first-order valence-electron chi connectivity index (χ1n) is 9.09. The lowest BCUT2D eigenvalue weighted by Crippen LogP contribution is -2.58. The van der Waals surface area contributed by atoms with Gasteiger partial charge in [0.25, 0.3) is 0 Å². The molecule has 0 unspecified atom stereocenters. The summed E-state index contributed by atoms with van der Waals surface area (Å²) in [5.74, 6) is 0.376. The highest BCUT2D eigenvalue weighted by atomic mass is 19.1. The molecule has 0 spiro atoms. The highest BCUT2D eigenvalue weighted by molar-refractivity contribution is 5.85. The van der Waals surface area contributed by atoms with Crippen molar-refractivity contribution in [3.05, 3.63) is 30.1 Å². The molecule has 5 nitrogen and oxygen atoms in total. The summed E-state index contributed by atoms with van der Waals surface area (Å²) in [7, 11) is 0. The number of rotatable bonds is 4. The Bertz CT molecular complexity index is 599. The molecule has 1 aromatic rings. The Balaban J connectivity index is 1.44. The maximum Gasteiger partial charge on any atom is 0.242 e. The number of carbonyl (C=O) groups is 2. The predicted octanol–water partition coefficient (Wildman–Crippen LogP) is 2.60. The summed E-state index contributed by atoms with van der Waals surface area (Å²) in [5, 5.41) is 0. The minimum Gasteiger partial charge on any atom is -0.487 e. The van der Waals surface area contributed by atoms with E-state index in [2.05, 4.69) is 0 Å². The summed E-state index contributed by atoms with van der Waals surface area (Å²) < 4.78 is 18.6. The average Bonchev–Trinajstić information content (AvgIpc) is 2.65. The summed E-state index contributed by atoms with van der Waals surface area (Å²) in [6, 6.07) is 5.88. The molecule has 2 saturated heterocycles. The molecule has 6 heteroatoms. The Labute approximate surface area is 147 Å². The van der Waals surface area contributed by atoms with E-state index in [1.165, 1.54) is 18.6 Å². The van der Waals surface area contributed by atoms with Crippen molar-refractivity contribution < 1.29 is 18.7 Å². The average molecular weight is 348 g/mol. The molecule has 2 aliphatic heterocycles. The van der Waals surface area contributed by atoms with Gasteiger partial charge in [0.15, 0.2) is 0 Å². The maximum absolute atomic E-state index is 12.9. The lowest BCUT2D eigenvalue weighted by Gasteiger charge is -2.40. The zero-order valence-corrected chi connectivity index (χ0v) is 14.5. The van der Waals surface area contributed by atoms with Gasteiger partial charge < -0.3 is 14.5 Å². The molecule has 2 amide bonds. The van der Waals surface area contributed by atoms with Gasteiger partial charge in [-0.25, -0.2) is 4.39 Å². The monoisotopic (exact) mass is 348 g/mol. The van der Waals surface area contributed by atoms with Gasteiger partial charge in [-0.05, 0) is 37.1 Å². The zero-order chi connectivity index (χ0) is 17.6. The summed E-state index contributed by atoms with van der Waals surface area (Å²) >= 11 is 0. The van der Waals surface area contributed by atoms with Crippen molar-refractivity contribution >= 4 is 11.8 Å². The quantitative estimate of drug-likeness (QED) is 0.840. The van der Waals surface area contributed by atoms with Gasteiger partial charge in [0, 0.05) is 13.0 Å². The number of ether oxygens (including phenoxy) is 1. The van der Waals surface area contributed by atoms with Crippen LogP contribution in [0.3, 0.4) is 0 Å². The fraction of sp³-hybridized carbons (Fsp3) is 0.579. The van der Waals surface area contributed by atoms with Crippen molar-refractivity contribution in [2.45, 2.75) is 44.6 Å². The minimum absolute atomic E-state index is 0.0217. The van der Waals surface area contributed by atoms with E-state index in [1.54, 1.807) is 21.9 Å². The van der Waals surface area contributed by atoms with Crippen molar-refractivity contribution in [1.29, 1.82) is 0 Å². The van der Waals surface area contributed by atoms with Crippen molar-refractivity contribution in [2.75, 3.05) is 26.2 Å². The molecule has 0 aromatic heterocycles. The Hall–Kier alpha value is -2.11. The number of halogens is 1. The molecule has 2 aliphatic rings. The molecule has 136 valence electrons. The van der Waals surface area contributed by atoms with E-state index in [0.29, 0.717) is 31.8 Å². The van der Waals surface area contributed by atoms with Gasteiger partial charge in [-0.1, -0.05) is 19.3 Å². The van der Waals surface area contributed by atoms with Crippen LogP contribution in [0.25, 0.3) is 0 Å². The van der Waals surface area contributed by atoms with E-state index in [0.717, 1.165) is 25.7 Å². The van der Waals surface area contributed by atoms with Gasteiger partial charge in [-0.3, -0.25) is 9.59 Å². The van der Waals surface area contributed by atoms with Crippen LogP contribution < -0.4 is 4.74 Å². The Kier molecular flexibility index (Phi) is 5.89. The zero-order valence-electron chi connectivity index (χ0n) is 14.5. The number of nitrogens with zero attached hydrogens (tertiary/aromatic N) is 2. The van der Waals surface area contributed by atoms with Crippen LogP contribution in [-0.4, -0.2) is 53.9 Å². The van der Waals surface area contributed by atoms with Crippen LogP contribution >= 0.6 is 0 Å². The van der Waals surface area contributed by atoms with Gasteiger partial charge in [0.2, 0.25) is 11.8 Å². The minimum atomic E-state index is -0.300. The van der Waals surface area contributed by atoms with Crippen LogP contribution in [0, 0.1) is 5.82 Å². The standard InChI is InChI=1S/C19H25FN2O3/c20-15-7-9-16(10-8-15)25-17-12-22(13-17)19(24)14-21-11-5-3-1-2-4-6-18(21)23/h7-10,17H,1-6,11-14H2. The number of carbonyl (C=O) groups excluding carboxylic acids is 2. The third kappa shape index (κ3) is 4.94. The molecule has 0 radical (unpaired) electrons. The van der Waals surface area contributed by atoms with Crippen LogP contribution in [0.15, 0.2) is 24.3 Å². The molecule has 0 aliphatic carbocycles. The van der Waals surface area contributed by atoms with E-state index in [4.69, 9.17) is 4.74 Å². The largest absolute Gasteiger partial charge is 0.487 e. The second-order valence-corrected chi connectivity index (χ2v) is 6.83. The highest BCUT2D eigenvalue weighted by Gasteiger charge is 2.33. The maximum atomic E-state index is 12.9. The fourth-order valence-electron chi connectivity index (χ4n) is 3.24. The molecule has 0 bridgehead atoms. The van der Waals surface area contributed by atoms with Crippen molar-refractivity contribution in [3.63, 3.8) is 0 Å². The van der Waals surface area contributed by atoms with Crippen LogP contribution in [0.1, 0.15) is 38.5 Å². The number of benzene rings is 1. The van der Waals surface area contributed by atoms with Crippen LogP contribution in [0.2, 0.25) is 0 Å². The van der Waals surface area contributed by atoms with E-state index in [9.17, 15) is 14.0 Å². The molecule has 2 fully saturated rings. The molecule has 0 N–H and O–H groups in total. The number of hydrogen-bond donors (Lipinski definition) is 0. The SMILES string of the molecule is O=C1CCCCCCCN1CC(=O)N1CC(Oc2ccc(F)cc2)C1. The van der Waals surface area contributed by atoms with Crippen LogP contribution in [0.5, 0.6) is 5.75 Å². The first-order valence-corrected chi connectivity index (χ1v) is 9.09. The normalized spacial score (nSPS) is 19.6. The predicted molar refractivity (Wildman–Crippen MR) is 91.7 cm³/mol. The van der Waals surface area contributed by atoms with Crippen molar-refractivity contribution in [3.8, 4) is 5.75 Å². The summed E-state index contributed by atoms with van der Waals surface area (Å²) in [6.45, 7) is 1.87. The van der Waals surface area contributed by atoms with Gasteiger partial charge in [0.1, 0.15) is 17.7 Å². The Morgan fingerprint density at radius 2 is 1.76 bits per heavy atom. The molecule has 1 aromatic carbocycles. The first-order chi connectivity index (χ1) is 12.1. The number of hydrogen-bond acceptors (Lipinski definition) is 3. The number of likely N-dealkylation sites (tertiary alicyclic amines) is 1. The smallest absolute Gasteiger partial charge is 0.242 e. The third-order valence-electron chi connectivity index (χ3n) is 4.81. The van der Waals surface area contributed by atoms with E-state index in [-0.39, 0.29) is 30.3 Å². The van der Waals surface area contributed by atoms with Crippen molar-refractivity contribution in [2.24, 2.45) is 0 Å². The van der Waals surface area contributed by atoms with Gasteiger partial charge in [-0.2, -0.15) is 0 Å². The summed E-state index contributed by atoms with van der Waals surface area (Å²) in [6.07, 6.45) is 5.75. The molecule has 3 rings (SSSR count). The molecule has 0 atom stereocenters.